The molecule has 1 aliphatic carbocycles. The van der Waals surface area contributed by atoms with Crippen LogP contribution in [0.4, 0.5) is 0 Å². The van der Waals surface area contributed by atoms with Crippen LogP contribution in [0.5, 0.6) is 0 Å². The Hall–Kier alpha value is -0.430. The molecule has 2 aliphatic rings. The van der Waals surface area contributed by atoms with E-state index in [2.05, 4.69) is 12.2 Å². The SMILES string of the molecule is CCNCc1cc(S(=O)(=O)N2CCCC3CCCC32)cs1. The molecule has 0 radical (unpaired) electrons. The number of fused-ring (bicyclic) bond motifs is 1. The molecule has 1 aromatic heterocycles. The zero-order valence-corrected chi connectivity index (χ0v) is 14.2. The van der Waals surface area contributed by atoms with Gasteiger partial charge in [-0.2, -0.15) is 4.31 Å². The second kappa shape index (κ2) is 6.36. The minimum Gasteiger partial charge on any atom is -0.312 e. The van der Waals surface area contributed by atoms with Gasteiger partial charge in [-0.1, -0.05) is 13.3 Å². The van der Waals surface area contributed by atoms with Gasteiger partial charge in [0.05, 0.1) is 4.90 Å². The van der Waals surface area contributed by atoms with Gasteiger partial charge in [0.15, 0.2) is 0 Å². The maximum atomic E-state index is 12.9. The molecule has 2 unspecified atom stereocenters. The Bertz CT molecular complexity index is 582. The Morgan fingerprint density at radius 1 is 1.33 bits per heavy atom. The smallest absolute Gasteiger partial charge is 0.244 e. The lowest BCUT2D eigenvalue weighted by atomic mass is 9.94. The van der Waals surface area contributed by atoms with Crippen molar-refractivity contribution in [2.45, 2.75) is 56.5 Å². The normalized spacial score (nSPS) is 26.9. The number of nitrogens with one attached hydrogen (secondary N) is 1. The van der Waals surface area contributed by atoms with E-state index >= 15 is 0 Å². The third-order valence-electron chi connectivity index (χ3n) is 4.73. The second-order valence-corrected chi connectivity index (χ2v) is 8.93. The molecule has 1 N–H and O–H groups in total. The van der Waals surface area contributed by atoms with Crippen molar-refractivity contribution < 1.29 is 8.42 Å². The highest BCUT2D eigenvalue weighted by molar-refractivity contribution is 7.89. The Balaban J connectivity index is 1.80. The van der Waals surface area contributed by atoms with Crippen molar-refractivity contribution in [3.05, 3.63) is 16.3 Å². The number of piperidine rings is 1. The van der Waals surface area contributed by atoms with Gasteiger partial charge in [0, 0.05) is 29.4 Å². The zero-order valence-electron chi connectivity index (χ0n) is 12.5. The molecule has 1 saturated heterocycles. The topological polar surface area (TPSA) is 49.4 Å². The monoisotopic (exact) mass is 328 g/mol. The summed E-state index contributed by atoms with van der Waals surface area (Å²) in [7, 11) is -3.30. The van der Waals surface area contributed by atoms with E-state index in [1.54, 1.807) is 9.69 Å². The Kier molecular flexibility index (Phi) is 4.69. The number of thiophene rings is 1. The van der Waals surface area contributed by atoms with E-state index in [0.717, 1.165) is 30.8 Å². The third kappa shape index (κ3) is 3.04. The van der Waals surface area contributed by atoms with E-state index in [0.29, 0.717) is 17.4 Å². The van der Waals surface area contributed by atoms with E-state index in [4.69, 9.17) is 0 Å². The van der Waals surface area contributed by atoms with Gasteiger partial charge < -0.3 is 5.32 Å². The first-order valence-electron chi connectivity index (χ1n) is 7.93. The fourth-order valence-corrected chi connectivity index (χ4v) is 6.67. The molecule has 0 aromatic carbocycles. The van der Waals surface area contributed by atoms with Crippen LogP contribution in [0.1, 0.15) is 43.9 Å². The van der Waals surface area contributed by atoms with E-state index in [1.165, 1.54) is 30.6 Å². The molecule has 1 saturated carbocycles. The largest absolute Gasteiger partial charge is 0.312 e. The summed E-state index contributed by atoms with van der Waals surface area (Å²) in [6.45, 7) is 4.40. The summed E-state index contributed by atoms with van der Waals surface area (Å²) < 4.78 is 27.7. The van der Waals surface area contributed by atoms with Crippen molar-refractivity contribution in [1.29, 1.82) is 0 Å². The number of hydrogen-bond donors (Lipinski definition) is 1. The van der Waals surface area contributed by atoms with Crippen molar-refractivity contribution in [3.8, 4) is 0 Å². The first kappa shape index (κ1) is 15.5. The summed E-state index contributed by atoms with van der Waals surface area (Å²) in [5.41, 5.74) is 0. The van der Waals surface area contributed by atoms with E-state index in [1.807, 2.05) is 6.07 Å². The number of hydrogen-bond acceptors (Lipinski definition) is 4. The first-order valence-corrected chi connectivity index (χ1v) is 10.2. The third-order valence-corrected chi connectivity index (χ3v) is 7.72. The molecule has 2 fully saturated rings. The number of nitrogens with zero attached hydrogens (tertiary/aromatic N) is 1. The maximum absolute atomic E-state index is 12.9. The molecule has 2 heterocycles. The van der Waals surface area contributed by atoms with Gasteiger partial charge in [-0.05, 0) is 44.2 Å². The molecular weight excluding hydrogens is 304 g/mol. The van der Waals surface area contributed by atoms with Gasteiger partial charge >= 0.3 is 0 Å². The molecule has 3 rings (SSSR count). The van der Waals surface area contributed by atoms with Crippen LogP contribution >= 0.6 is 11.3 Å². The van der Waals surface area contributed by atoms with Crippen molar-refractivity contribution in [1.82, 2.24) is 9.62 Å². The van der Waals surface area contributed by atoms with Crippen LogP contribution in [0.15, 0.2) is 16.3 Å². The van der Waals surface area contributed by atoms with Gasteiger partial charge in [-0.15, -0.1) is 11.3 Å². The van der Waals surface area contributed by atoms with Crippen LogP contribution in [-0.2, 0) is 16.6 Å². The molecule has 0 amide bonds. The van der Waals surface area contributed by atoms with Gasteiger partial charge in [-0.3, -0.25) is 0 Å². The number of sulfonamides is 1. The van der Waals surface area contributed by atoms with Gasteiger partial charge in [0.1, 0.15) is 0 Å². The number of rotatable bonds is 5. The first-order chi connectivity index (χ1) is 10.1. The van der Waals surface area contributed by atoms with Crippen LogP contribution in [-0.4, -0.2) is 31.9 Å². The summed E-state index contributed by atoms with van der Waals surface area (Å²) in [6.07, 6.45) is 5.63. The lowest BCUT2D eigenvalue weighted by Gasteiger charge is -2.36. The van der Waals surface area contributed by atoms with Crippen LogP contribution < -0.4 is 5.32 Å². The predicted octanol–water partition coefficient (Wildman–Crippen LogP) is 2.81. The highest BCUT2D eigenvalue weighted by Crippen LogP contribution is 2.39. The molecule has 0 spiro atoms. The van der Waals surface area contributed by atoms with Gasteiger partial charge in [-0.25, -0.2) is 8.42 Å². The standard InChI is InChI=1S/C15H24N2O2S2/c1-2-16-10-13-9-14(11-20-13)21(18,19)17-8-4-6-12-5-3-7-15(12)17/h9,11-12,15-16H,2-8,10H2,1H3. The van der Waals surface area contributed by atoms with Crippen molar-refractivity contribution in [3.63, 3.8) is 0 Å². The highest BCUT2D eigenvalue weighted by Gasteiger charge is 2.41. The fraction of sp³-hybridized carbons (Fsp3) is 0.733. The molecule has 6 heteroatoms. The lowest BCUT2D eigenvalue weighted by Crippen LogP contribution is -2.45. The average molecular weight is 329 g/mol. The lowest BCUT2D eigenvalue weighted by molar-refractivity contribution is 0.202. The molecule has 0 bridgehead atoms. The summed E-state index contributed by atoms with van der Waals surface area (Å²) in [4.78, 5) is 1.59. The van der Waals surface area contributed by atoms with E-state index < -0.39 is 10.0 Å². The Labute approximate surface area is 131 Å². The van der Waals surface area contributed by atoms with E-state index in [9.17, 15) is 8.42 Å². The molecule has 1 aromatic rings. The van der Waals surface area contributed by atoms with Crippen molar-refractivity contribution in [2.24, 2.45) is 5.92 Å². The maximum Gasteiger partial charge on any atom is 0.244 e. The van der Waals surface area contributed by atoms with Crippen molar-refractivity contribution >= 4 is 21.4 Å². The fourth-order valence-electron chi connectivity index (χ4n) is 3.68. The van der Waals surface area contributed by atoms with E-state index in [-0.39, 0.29) is 6.04 Å². The molecule has 1 aliphatic heterocycles. The molecular formula is C15H24N2O2S2. The molecule has 21 heavy (non-hydrogen) atoms. The summed E-state index contributed by atoms with van der Waals surface area (Å²) >= 11 is 1.54. The van der Waals surface area contributed by atoms with Crippen molar-refractivity contribution in [2.75, 3.05) is 13.1 Å². The van der Waals surface area contributed by atoms with Gasteiger partial charge in [0.25, 0.3) is 0 Å². The zero-order chi connectivity index (χ0) is 14.9. The molecule has 4 nitrogen and oxygen atoms in total. The minimum atomic E-state index is -3.30. The van der Waals surface area contributed by atoms with Crippen LogP contribution in [0.3, 0.4) is 0 Å². The minimum absolute atomic E-state index is 0.251. The Morgan fingerprint density at radius 3 is 2.95 bits per heavy atom. The van der Waals surface area contributed by atoms with Crippen LogP contribution in [0.2, 0.25) is 0 Å². The second-order valence-electron chi connectivity index (χ2n) is 6.05. The predicted molar refractivity (Wildman–Crippen MR) is 86.0 cm³/mol. The molecule has 118 valence electrons. The Morgan fingerprint density at radius 2 is 2.14 bits per heavy atom. The molecule has 2 atom stereocenters. The average Bonchev–Trinajstić information content (AvgIpc) is 3.13. The quantitative estimate of drug-likeness (QED) is 0.904. The highest BCUT2D eigenvalue weighted by atomic mass is 32.2. The summed E-state index contributed by atoms with van der Waals surface area (Å²) in [5, 5.41) is 5.05. The summed E-state index contributed by atoms with van der Waals surface area (Å²) in [6, 6.07) is 2.10. The summed E-state index contributed by atoms with van der Waals surface area (Å²) in [5.74, 6) is 0.591. The van der Waals surface area contributed by atoms with Gasteiger partial charge in [0.2, 0.25) is 10.0 Å². The van der Waals surface area contributed by atoms with Crippen LogP contribution in [0, 0.1) is 5.92 Å². The van der Waals surface area contributed by atoms with Crippen LogP contribution in [0.25, 0.3) is 0 Å².